The average molecular weight is 321 g/mol. The largest absolute Gasteiger partial charge is 0.344 e. The minimum absolute atomic E-state index is 0.0241. The fraction of sp³-hybridized carbons (Fsp3) is 0.600. The summed E-state index contributed by atoms with van der Waals surface area (Å²) in [5, 5.41) is 6.54. The molecular formula is C15H23N5O3. The Morgan fingerprint density at radius 2 is 2.09 bits per heavy atom. The van der Waals surface area contributed by atoms with Gasteiger partial charge < -0.3 is 14.7 Å². The molecule has 0 aliphatic carbocycles. The molecule has 1 unspecified atom stereocenters. The van der Waals surface area contributed by atoms with Gasteiger partial charge in [-0.2, -0.15) is 4.98 Å². The van der Waals surface area contributed by atoms with E-state index < -0.39 is 11.6 Å². The number of imide groups is 1. The number of urea groups is 1. The average Bonchev–Trinajstić information content (AvgIpc) is 2.99. The lowest BCUT2D eigenvalue weighted by Gasteiger charge is -2.20. The van der Waals surface area contributed by atoms with Crippen LogP contribution in [0.1, 0.15) is 39.5 Å². The van der Waals surface area contributed by atoms with Crippen molar-refractivity contribution in [1.29, 1.82) is 0 Å². The number of aromatic nitrogens is 2. The maximum absolute atomic E-state index is 12.6. The van der Waals surface area contributed by atoms with E-state index in [2.05, 4.69) is 21.5 Å². The molecule has 1 N–H and O–H groups in total. The van der Waals surface area contributed by atoms with Crippen LogP contribution < -0.4 is 10.2 Å². The van der Waals surface area contributed by atoms with Crippen LogP contribution in [-0.4, -0.2) is 46.6 Å². The molecular weight excluding hydrogens is 298 g/mol. The van der Waals surface area contributed by atoms with Crippen molar-refractivity contribution >= 4 is 17.9 Å². The molecule has 0 spiro atoms. The molecule has 2 rings (SSSR count). The molecule has 1 aromatic rings. The molecule has 1 fully saturated rings. The van der Waals surface area contributed by atoms with Gasteiger partial charge >= 0.3 is 6.03 Å². The van der Waals surface area contributed by atoms with Gasteiger partial charge in [-0.15, -0.1) is 0 Å². The second kappa shape index (κ2) is 6.39. The Kier molecular flexibility index (Phi) is 4.72. The predicted octanol–water partition coefficient (Wildman–Crippen LogP) is 1.69. The van der Waals surface area contributed by atoms with Crippen LogP contribution in [0.4, 0.5) is 10.7 Å². The summed E-state index contributed by atoms with van der Waals surface area (Å²) in [5.74, 6) is 0.360. The van der Waals surface area contributed by atoms with Crippen molar-refractivity contribution in [3.63, 3.8) is 0 Å². The van der Waals surface area contributed by atoms with Gasteiger partial charge in [-0.1, -0.05) is 11.6 Å². The molecule has 2 heterocycles. The zero-order chi connectivity index (χ0) is 17.2. The summed E-state index contributed by atoms with van der Waals surface area (Å²) >= 11 is 0. The maximum Gasteiger partial charge on any atom is 0.325 e. The molecule has 126 valence electrons. The Bertz CT molecular complexity index is 633. The Labute approximate surface area is 135 Å². The standard InChI is InChI=1S/C15H23N5O3/c1-10(2)7-6-8-15(3)12(21)20(14(22)17-15)9-11-16-13(18-23-11)19(4)5/h7H,6,8-9H2,1-5H3,(H,17,22). The van der Waals surface area contributed by atoms with Gasteiger partial charge in [0.2, 0.25) is 5.89 Å². The second-order valence-electron chi connectivity index (χ2n) is 6.36. The molecule has 1 atom stereocenters. The molecule has 0 aromatic carbocycles. The molecule has 3 amide bonds. The maximum atomic E-state index is 12.6. The molecule has 1 aromatic heterocycles. The topological polar surface area (TPSA) is 91.6 Å². The fourth-order valence-corrected chi connectivity index (χ4v) is 2.34. The summed E-state index contributed by atoms with van der Waals surface area (Å²) in [6, 6.07) is -0.431. The Morgan fingerprint density at radius 1 is 1.39 bits per heavy atom. The lowest BCUT2D eigenvalue weighted by molar-refractivity contribution is -0.131. The van der Waals surface area contributed by atoms with E-state index in [1.807, 2.05) is 13.8 Å². The zero-order valence-electron chi connectivity index (χ0n) is 14.2. The highest BCUT2D eigenvalue weighted by Crippen LogP contribution is 2.24. The number of anilines is 1. The Balaban J connectivity index is 2.06. The highest BCUT2D eigenvalue weighted by Gasteiger charge is 2.47. The number of nitrogens with one attached hydrogen (secondary N) is 1. The van der Waals surface area contributed by atoms with E-state index >= 15 is 0 Å². The van der Waals surface area contributed by atoms with Crippen molar-refractivity contribution in [2.45, 2.75) is 45.7 Å². The number of allylic oxidation sites excluding steroid dienone is 2. The van der Waals surface area contributed by atoms with Crippen LogP contribution in [0.3, 0.4) is 0 Å². The van der Waals surface area contributed by atoms with Crippen LogP contribution in [0.15, 0.2) is 16.2 Å². The molecule has 8 heteroatoms. The van der Waals surface area contributed by atoms with Gasteiger partial charge in [0.25, 0.3) is 11.9 Å². The fourth-order valence-electron chi connectivity index (χ4n) is 2.34. The molecule has 8 nitrogen and oxygen atoms in total. The number of rotatable bonds is 6. The van der Waals surface area contributed by atoms with Crippen LogP contribution in [-0.2, 0) is 11.3 Å². The van der Waals surface area contributed by atoms with Crippen molar-refractivity contribution in [3.05, 3.63) is 17.5 Å². The van der Waals surface area contributed by atoms with Gasteiger partial charge in [0, 0.05) is 14.1 Å². The first-order valence-electron chi connectivity index (χ1n) is 7.50. The van der Waals surface area contributed by atoms with Gasteiger partial charge in [0.15, 0.2) is 0 Å². The van der Waals surface area contributed by atoms with Crippen LogP contribution >= 0.6 is 0 Å². The normalized spacial score (nSPS) is 20.7. The minimum Gasteiger partial charge on any atom is -0.344 e. The number of nitrogens with zero attached hydrogens (tertiary/aromatic N) is 4. The van der Waals surface area contributed by atoms with Gasteiger partial charge in [-0.25, -0.2) is 4.79 Å². The second-order valence-corrected chi connectivity index (χ2v) is 6.36. The molecule has 0 radical (unpaired) electrons. The Hall–Kier alpha value is -2.38. The van der Waals surface area contributed by atoms with Gasteiger partial charge in [0.05, 0.1) is 0 Å². The van der Waals surface area contributed by atoms with Crippen LogP contribution in [0, 0.1) is 0 Å². The number of amides is 3. The van der Waals surface area contributed by atoms with Crippen molar-refractivity contribution in [1.82, 2.24) is 20.4 Å². The summed E-state index contributed by atoms with van der Waals surface area (Å²) < 4.78 is 5.08. The molecule has 1 aliphatic heterocycles. The number of hydrogen-bond donors (Lipinski definition) is 1. The quantitative estimate of drug-likeness (QED) is 0.633. The SMILES string of the molecule is CC(C)=CCCC1(C)NC(=O)N(Cc2nc(N(C)C)no2)C1=O. The van der Waals surface area contributed by atoms with Gasteiger partial charge in [-0.05, 0) is 38.8 Å². The number of carbonyl (C=O) groups excluding carboxylic acids is 2. The highest BCUT2D eigenvalue weighted by atomic mass is 16.5. The van der Waals surface area contributed by atoms with E-state index in [9.17, 15) is 9.59 Å². The van der Waals surface area contributed by atoms with E-state index in [0.717, 1.165) is 11.3 Å². The highest BCUT2D eigenvalue weighted by molar-refractivity contribution is 6.06. The van der Waals surface area contributed by atoms with Gasteiger partial charge in [-0.3, -0.25) is 9.69 Å². The van der Waals surface area contributed by atoms with Gasteiger partial charge in [0.1, 0.15) is 12.1 Å². The molecule has 0 bridgehead atoms. The third-order valence-corrected chi connectivity index (χ3v) is 3.69. The first-order chi connectivity index (χ1) is 10.7. The number of hydrogen-bond acceptors (Lipinski definition) is 6. The smallest absolute Gasteiger partial charge is 0.325 e. The minimum atomic E-state index is -0.895. The van der Waals surface area contributed by atoms with E-state index in [1.54, 1.807) is 25.9 Å². The molecule has 0 saturated carbocycles. The third kappa shape index (κ3) is 3.69. The third-order valence-electron chi connectivity index (χ3n) is 3.69. The summed E-state index contributed by atoms with van der Waals surface area (Å²) in [6.45, 7) is 5.72. The van der Waals surface area contributed by atoms with E-state index in [4.69, 9.17) is 4.52 Å². The van der Waals surface area contributed by atoms with Crippen molar-refractivity contribution in [3.8, 4) is 0 Å². The van der Waals surface area contributed by atoms with Crippen molar-refractivity contribution < 1.29 is 14.1 Å². The van der Waals surface area contributed by atoms with Crippen LogP contribution in [0.5, 0.6) is 0 Å². The monoisotopic (exact) mass is 321 g/mol. The zero-order valence-corrected chi connectivity index (χ0v) is 14.2. The lowest BCUT2D eigenvalue weighted by Crippen LogP contribution is -2.43. The van der Waals surface area contributed by atoms with Crippen molar-refractivity contribution in [2.24, 2.45) is 0 Å². The Morgan fingerprint density at radius 3 is 2.65 bits per heavy atom. The summed E-state index contributed by atoms with van der Waals surface area (Å²) in [6.07, 6.45) is 3.32. The molecule has 23 heavy (non-hydrogen) atoms. The van der Waals surface area contributed by atoms with E-state index in [-0.39, 0.29) is 18.3 Å². The first kappa shape index (κ1) is 17.0. The summed E-state index contributed by atoms with van der Waals surface area (Å²) in [4.78, 5) is 31.6. The summed E-state index contributed by atoms with van der Waals surface area (Å²) in [5.41, 5.74) is 0.289. The van der Waals surface area contributed by atoms with Crippen LogP contribution in [0.2, 0.25) is 0 Å². The number of carbonyl (C=O) groups is 2. The summed E-state index contributed by atoms with van der Waals surface area (Å²) in [7, 11) is 3.56. The van der Waals surface area contributed by atoms with E-state index in [0.29, 0.717) is 12.4 Å². The predicted molar refractivity (Wildman–Crippen MR) is 84.8 cm³/mol. The van der Waals surface area contributed by atoms with Crippen molar-refractivity contribution in [2.75, 3.05) is 19.0 Å². The molecule has 1 aliphatic rings. The van der Waals surface area contributed by atoms with Crippen LogP contribution in [0.25, 0.3) is 0 Å². The molecule has 1 saturated heterocycles. The first-order valence-corrected chi connectivity index (χ1v) is 7.50. The lowest BCUT2D eigenvalue weighted by atomic mass is 9.95. The van der Waals surface area contributed by atoms with E-state index in [1.165, 1.54) is 5.57 Å².